The van der Waals surface area contributed by atoms with Gasteiger partial charge in [-0.25, -0.2) is 4.39 Å². The smallest absolute Gasteiger partial charge is 0.123 e. The van der Waals surface area contributed by atoms with Crippen LogP contribution in [-0.2, 0) is 0 Å². The van der Waals surface area contributed by atoms with Crippen molar-refractivity contribution >= 4 is 24.8 Å². The van der Waals surface area contributed by atoms with Gasteiger partial charge in [0.1, 0.15) is 11.6 Å². The summed E-state index contributed by atoms with van der Waals surface area (Å²) in [5.74, 6) is -0.159. The monoisotopic (exact) mass is 322 g/mol. The predicted octanol–water partition coefficient (Wildman–Crippen LogP) is 2.90. The predicted molar refractivity (Wildman–Crippen MR) is 84.6 cm³/mol. The van der Waals surface area contributed by atoms with E-state index in [9.17, 15) is 9.50 Å². The lowest BCUT2D eigenvalue weighted by molar-refractivity contribution is 0.171. The molecule has 1 aromatic rings. The van der Waals surface area contributed by atoms with Crippen LogP contribution in [0.25, 0.3) is 0 Å². The number of hydrogen-bond acceptors (Lipinski definition) is 3. The SMILES string of the molecule is C=CC[C@H](c1cc(F)ccc1O)N1CCNCC1.Cl.Cl. The van der Waals surface area contributed by atoms with Crippen LogP contribution in [-0.4, -0.2) is 36.2 Å². The Bertz CT molecular complexity index is 426. The van der Waals surface area contributed by atoms with Crippen LogP contribution >= 0.6 is 24.8 Å². The third-order valence-electron chi connectivity index (χ3n) is 3.33. The van der Waals surface area contributed by atoms with Crippen molar-refractivity contribution in [1.29, 1.82) is 0 Å². The van der Waals surface area contributed by atoms with Crippen molar-refractivity contribution < 1.29 is 9.50 Å². The average Bonchev–Trinajstić information content (AvgIpc) is 2.40. The van der Waals surface area contributed by atoms with Crippen LogP contribution in [0, 0.1) is 5.82 Å². The molecule has 0 radical (unpaired) electrons. The molecular weight excluding hydrogens is 302 g/mol. The zero-order valence-electron chi connectivity index (χ0n) is 11.2. The molecule has 0 spiro atoms. The first kappa shape index (κ1) is 19.2. The second-order valence-corrected chi connectivity index (χ2v) is 4.53. The molecule has 114 valence electrons. The Morgan fingerprint density at radius 2 is 2.00 bits per heavy atom. The summed E-state index contributed by atoms with van der Waals surface area (Å²) >= 11 is 0. The summed E-state index contributed by atoms with van der Waals surface area (Å²) in [5, 5.41) is 13.2. The number of phenolic OH excluding ortho intramolecular Hbond substituents is 1. The van der Waals surface area contributed by atoms with Gasteiger partial charge in [-0.2, -0.15) is 0 Å². The van der Waals surface area contributed by atoms with Crippen LogP contribution in [0.3, 0.4) is 0 Å². The van der Waals surface area contributed by atoms with Crippen LogP contribution in [0.5, 0.6) is 5.75 Å². The van der Waals surface area contributed by atoms with Gasteiger partial charge < -0.3 is 10.4 Å². The molecule has 1 aliphatic heterocycles. The van der Waals surface area contributed by atoms with Crippen LogP contribution < -0.4 is 5.32 Å². The van der Waals surface area contributed by atoms with Crippen molar-refractivity contribution in [1.82, 2.24) is 10.2 Å². The van der Waals surface area contributed by atoms with Gasteiger partial charge in [0.15, 0.2) is 0 Å². The maximum atomic E-state index is 13.3. The highest BCUT2D eigenvalue weighted by Gasteiger charge is 2.23. The molecular formula is C14H21Cl2FN2O. The number of nitrogens with zero attached hydrogens (tertiary/aromatic N) is 1. The van der Waals surface area contributed by atoms with E-state index in [2.05, 4.69) is 16.8 Å². The van der Waals surface area contributed by atoms with Gasteiger partial charge in [-0.3, -0.25) is 4.90 Å². The zero-order valence-corrected chi connectivity index (χ0v) is 12.9. The zero-order chi connectivity index (χ0) is 13.0. The molecule has 3 nitrogen and oxygen atoms in total. The van der Waals surface area contributed by atoms with E-state index in [1.54, 1.807) is 0 Å². The molecule has 1 aromatic carbocycles. The lowest BCUT2D eigenvalue weighted by Gasteiger charge is -2.35. The summed E-state index contributed by atoms with van der Waals surface area (Å²) < 4.78 is 13.3. The van der Waals surface area contributed by atoms with Gasteiger partial charge in [-0.1, -0.05) is 6.08 Å². The Balaban J connectivity index is 0.00000180. The van der Waals surface area contributed by atoms with Crippen molar-refractivity contribution in [3.63, 3.8) is 0 Å². The van der Waals surface area contributed by atoms with Crippen LogP contribution in [0.1, 0.15) is 18.0 Å². The summed E-state index contributed by atoms with van der Waals surface area (Å²) in [4.78, 5) is 2.26. The molecule has 0 aromatic heterocycles. The van der Waals surface area contributed by atoms with E-state index in [1.807, 2.05) is 6.08 Å². The minimum absolute atomic E-state index is 0. The molecule has 1 fully saturated rings. The third kappa shape index (κ3) is 4.63. The molecule has 0 amide bonds. The Labute approximate surface area is 131 Å². The highest BCUT2D eigenvalue weighted by molar-refractivity contribution is 5.85. The average molecular weight is 323 g/mol. The number of halogens is 3. The molecule has 0 unspecified atom stereocenters. The minimum atomic E-state index is -0.313. The highest BCUT2D eigenvalue weighted by atomic mass is 35.5. The maximum Gasteiger partial charge on any atom is 0.123 e. The van der Waals surface area contributed by atoms with Crippen LogP contribution in [0.2, 0.25) is 0 Å². The van der Waals surface area contributed by atoms with Crippen molar-refractivity contribution in [2.75, 3.05) is 26.2 Å². The van der Waals surface area contributed by atoms with Gasteiger partial charge in [0.05, 0.1) is 0 Å². The fraction of sp³-hybridized carbons (Fsp3) is 0.429. The third-order valence-corrected chi connectivity index (χ3v) is 3.33. The summed E-state index contributed by atoms with van der Waals surface area (Å²) in [6.45, 7) is 7.39. The molecule has 2 N–H and O–H groups in total. The first-order chi connectivity index (χ1) is 8.72. The number of phenols is 1. The molecule has 6 heteroatoms. The first-order valence-electron chi connectivity index (χ1n) is 6.26. The molecule has 1 heterocycles. The molecule has 0 aliphatic carbocycles. The molecule has 20 heavy (non-hydrogen) atoms. The normalized spacial score (nSPS) is 16.6. The van der Waals surface area contributed by atoms with E-state index in [4.69, 9.17) is 0 Å². The van der Waals surface area contributed by atoms with Gasteiger partial charge in [-0.15, -0.1) is 31.4 Å². The largest absolute Gasteiger partial charge is 0.508 e. The molecule has 1 saturated heterocycles. The quantitative estimate of drug-likeness (QED) is 0.837. The topological polar surface area (TPSA) is 35.5 Å². The Morgan fingerprint density at radius 3 is 2.60 bits per heavy atom. The lowest BCUT2D eigenvalue weighted by atomic mass is 10.00. The minimum Gasteiger partial charge on any atom is -0.508 e. The number of aromatic hydroxyl groups is 1. The van der Waals surface area contributed by atoms with Crippen LogP contribution in [0.15, 0.2) is 30.9 Å². The van der Waals surface area contributed by atoms with Crippen molar-refractivity contribution in [2.45, 2.75) is 12.5 Å². The van der Waals surface area contributed by atoms with Gasteiger partial charge in [0.2, 0.25) is 0 Å². The Morgan fingerprint density at radius 1 is 1.35 bits per heavy atom. The number of benzene rings is 1. The first-order valence-corrected chi connectivity index (χ1v) is 6.26. The number of rotatable bonds is 4. The van der Waals surface area contributed by atoms with E-state index in [0.29, 0.717) is 12.0 Å². The van der Waals surface area contributed by atoms with E-state index in [1.165, 1.54) is 18.2 Å². The molecule has 1 atom stereocenters. The van der Waals surface area contributed by atoms with Crippen molar-refractivity contribution in [2.24, 2.45) is 0 Å². The summed E-state index contributed by atoms with van der Waals surface area (Å²) in [6, 6.07) is 4.12. The Kier molecular flexibility index (Phi) is 8.81. The fourth-order valence-electron chi connectivity index (χ4n) is 2.42. The van der Waals surface area contributed by atoms with Gasteiger partial charge in [0, 0.05) is 37.8 Å². The van der Waals surface area contributed by atoms with E-state index in [0.717, 1.165) is 26.2 Å². The van der Waals surface area contributed by atoms with E-state index < -0.39 is 0 Å². The number of nitrogens with one attached hydrogen (secondary N) is 1. The van der Waals surface area contributed by atoms with Gasteiger partial charge in [0.25, 0.3) is 0 Å². The second-order valence-electron chi connectivity index (χ2n) is 4.53. The summed E-state index contributed by atoms with van der Waals surface area (Å²) in [7, 11) is 0. The molecule has 0 bridgehead atoms. The van der Waals surface area contributed by atoms with E-state index in [-0.39, 0.29) is 42.4 Å². The maximum absolute atomic E-state index is 13.3. The van der Waals surface area contributed by atoms with E-state index >= 15 is 0 Å². The standard InChI is InChI=1S/C14H19FN2O.2ClH/c1-2-3-13(17-8-6-16-7-9-17)12-10-11(15)4-5-14(12)18;;/h2,4-5,10,13,16,18H,1,3,6-9H2;2*1H/t13-;;/m1../s1. The van der Waals surface area contributed by atoms with Gasteiger partial charge in [-0.05, 0) is 24.6 Å². The fourth-order valence-corrected chi connectivity index (χ4v) is 2.42. The molecule has 1 aliphatic rings. The van der Waals surface area contributed by atoms with Crippen molar-refractivity contribution in [3.05, 3.63) is 42.2 Å². The van der Waals surface area contributed by atoms with Crippen LogP contribution in [0.4, 0.5) is 4.39 Å². The molecule has 2 rings (SSSR count). The van der Waals surface area contributed by atoms with Gasteiger partial charge >= 0.3 is 0 Å². The summed E-state index contributed by atoms with van der Waals surface area (Å²) in [5.41, 5.74) is 0.650. The summed E-state index contributed by atoms with van der Waals surface area (Å²) in [6.07, 6.45) is 2.52. The number of piperazine rings is 1. The Hall–Kier alpha value is -0.810. The molecule has 0 saturated carbocycles. The second kappa shape index (κ2) is 9.19. The highest BCUT2D eigenvalue weighted by Crippen LogP contribution is 2.32. The number of hydrogen-bond donors (Lipinski definition) is 2. The lowest BCUT2D eigenvalue weighted by Crippen LogP contribution is -2.45. The van der Waals surface area contributed by atoms with Crippen molar-refractivity contribution in [3.8, 4) is 5.75 Å².